The Bertz CT molecular complexity index is 989. The number of ether oxygens (including phenoxy) is 1. The molecule has 1 aromatic heterocycles. The van der Waals surface area contributed by atoms with E-state index in [2.05, 4.69) is 20.6 Å². The average molecular weight is 496 g/mol. The summed E-state index contributed by atoms with van der Waals surface area (Å²) in [4.78, 5) is 34.3. The summed E-state index contributed by atoms with van der Waals surface area (Å²) in [7, 11) is 0. The third-order valence-corrected chi connectivity index (χ3v) is 6.54. The Labute approximate surface area is 212 Å². The maximum absolute atomic E-state index is 13.2. The predicted octanol–water partition coefficient (Wildman–Crippen LogP) is 2.55. The molecule has 4 rings (SSSR count). The van der Waals surface area contributed by atoms with Crippen molar-refractivity contribution in [1.82, 2.24) is 25.2 Å². The van der Waals surface area contributed by atoms with Crippen LogP contribution in [-0.4, -0.2) is 84.2 Å². The smallest absolute Gasteiger partial charge is 0.332 e. The highest BCUT2D eigenvalue weighted by Crippen LogP contribution is 2.18. The molecule has 1 aromatic carbocycles. The van der Waals surface area contributed by atoms with E-state index in [1.807, 2.05) is 28.1 Å². The number of carbonyl (C=O) groups excluding carboxylic acids is 2. The minimum Gasteiger partial charge on any atom is -0.397 e. The highest BCUT2D eigenvalue weighted by atomic mass is 16.5. The molecular formula is C26H37N7O3. The van der Waals surface area contributed by atoms with Gasteiger partial charge in [0.1, 0.15) is 5.69 Å². The van der Waals surface area contributed by atoms with Gasteiger partial charge in [0.05, 0.1) is 24.6 Å². The summed E-state index contributed by atoms with van der Waals surface area (Å²) in [5.41, 5.74) is 11.2. The molecule has 0 spiro atoms. The van der Waals surface area contributed by atoms with Crippen LogP contribution in [0.25, 0.3) is 0 Å². The zero-order chi connectivity index (χ0) is 25.2. The maximum Gasteiger partial charge on any atom is 0.332 e. The van der Waals surface area contributed by atoms with Crippen molar-refractivity contribution in [3.63, 3.8) is 0 Å². The number of hydrogen-bond donors (Lipinski definition) is 3. The van der Waals surface area contributed by atoms with Crippen molar-refractivity contribution in [1.29, 1.82) is 0 Å². The SMILES string of the molecule is Nc1ccccc1NC(=O)c1ccc(CN(CCCN2CCOCC2)C(=O)NN2CCCCC2)cn1. The number of pyridine rings is 1. The van der Waals surface area contributed by atoms with Crippen molar-refractivity contribution in [2.75, 3.05) is 63.5 Å². The second-order valence-electron chi connectivity index (χ2n) is 9.29. The van der Waals surface area contributed by atoms with Gasteiger partial charge in [-0.2, -0.15) is 0 Å². The second kappa shape index (κ2) is 13.2. The molecular weight excluding hydrogens is 458 g/mol. The standard InChI is InChI=1S/C26H37N7O3/c27-22-7-2-3-8-23(22)29-25(34)24-10-9-21(19-28-24)20-32(12-6-11-31-15-17-36-18-16-31)26(35)30-33-13-4-1-5-14-33/h2-3,7-10,19H,1,4-6,11-18,20,27H2,(H,29,34)(H,30,35). The fourth-order valence-corrected chi connectivity index (χ4v) is 4.44. The van der Waals surface area contributed by atoms with E-state index in [-0.39, 0.29) is 11.9 Å². The largest absolute Gasteiger partial charge is 0.397 e. The van der Waals surface area contributed by atoms with Gasteiger partial charge in [-0.15, -0.1) is 0 Å². The molecule has 2 aliphatic heterocycles. The van der Waals surface area contributed by atoms with Crippen molar-refractivity contribution < 1.29 is 14.3 Å². The van der Waals surface area contributed by atoms with E-state index in [0.29, 0.717) is 30.2 Å². The summed E-state index contributed by atoms with van der Waals surface area (Å²) < 4.78 is 5.43. The minimum atomic E-state index is -0.329. The number of hydrogen-bond acceptors (Lipinski definition) is 7. The molecule has 4 N–H and O–H groups in total. The third-order valence-electron chi connectivity index (χ3n) is 6.54. The van der Waals surface area contributed by atoms with Gasteiger partial charge < -0.3 is 20.7 Å². The number of para-hydroxylation sites is 2. The van der Waals surface area contributed by atoms with Crippen molar-refractivity contribution in [2.24, 2.45) is 0 Å². The van der Waals surface area contributed by atoms with E-state index in [1.165, 1.54) is 6.42 Å². The number of rotatable bonds is 9. The number of hydrazine groups is 1. The average Bonchev–Trinajstić information content (AvgIpc) is 2.91. The normalized spacial score (nSPS) is 16.9. The van der Waals surface area contributed by atoms with E-state index in [0.717, 1.165) is 70.8 Å². The van der Waals surface area contributed by atoms with Crippen molar-refractivity contribution in [3.05, 3.63) is 53.9 Å². The van der Waals surface area contributed by atoms with Crippen LogP contribution < -0.4 is 16.5 Å². The lowest BCUT2D eigenvalue weighted by Gasteiger charge is -2.32. The van der Waals surface area contributed by atoms with Crippen molar-refractivity contribution >= 4 is 23.3 Å². The van der Waals surface area contributed by atoms with Gasteiger partial charge in [0.2, 0.25) is 0 Å². The number of benzene rings is 1. The summed E-state index contributed by atoms with van der Waals surface area (Å²) in [5.74, 6) is -0.329. The van der Waals surface area contributed by atoms with E-state index >= 15 is 0 Å². The Hall–Kier alpha value is -3.21. The summed E-state index contributed by atoms with van der Waals surface area (Å²) in [6.45, 7) is 7.13. The molecule has 0 aliphatic carbocycles. The summed E-state index contributed by atoms with van der Waals surface area (Å²) in [6.07, 6.45) is 5.93. The fraction of sp³-hybridized carbons (Fsp3) is 0.500. The lowest BCUT2D eigenvalue weighted by Crippen LogP contribution is -2.51. The van der Waals surface area contributed by atoms with Gasteiger partial charge in [0.25, 0.3) is 5.91 Å². The van der Waals surface area contributed by atoms with Crippen LogP contribution in [0.2, 0.25) is 0 Å². The van der Waals surface area contributed by atoms with E-state index in [4.69, 9.17) is 10.5 Å². The number of nitrogens with zero attached hydrogens (tertiary/aromatic N) is 4. The quantitative estimate of drug-likeness (QED) is 0.458. The molecule has 3 amide bonds. The number of morpholine rings is 1. The molecule has 0 unspecified atom stereocenters. The Morgan fingerprint density at radius 3 is 2.53 bits per heavy atom. The number of amides is 3. The first-order valence-electron chi connectivity index (χ1n) is 12.8. The molecule has 0 atom stereocenters. The van der Waals surface area contributed by atoms with Crippen LogP contribution in [0.1, 0.15) is 41.7 Å². The zero-order valence-electron chi connectivity index (χ0n) is 20.8. The number of aromatic nitrogens is 1. The number of carbonyl (C=O) groups is 2. The molecule has 0 bridgehead atoms. The Kier molecular flexibility index (Phi) is 9.48. The van der Waals surface area contributed by atoms with Crippen molar-refractivity contribution in [3.8, 4) is 0 Å². The summed E-state index contributed by atoms with van der Waals surface area (Å²) >= 11 is 0. The second-order valence-corrected chi connectivity index (χ2v) is 9.29. The van der Waals surface area contributed by atoms with Gasteiger partial charge in [-0.1, -0.05) is 24.6 Å². The predicted molar refractivity (Wildman–Crippen MR) is 139 cm³/mol. The molecule has 3 heterocycles. The van der Waals surface area contributed by atoms with Crippen LogP contribution in [0.4, 0.5) is 16.2 Å². The molecule has 0 radical (unpaired) electrons. The Morgan fingerprint density at radius 2 is 1.81 bits per heavy atom. The number of nitrogen functional groups attached to an aromatic ring is 1. The molecule has 2 saturated heterocycles. The number of anilines is 2. The highest BCUT2D eigenvalue weighted by molar-refractivity contribution is 6.04. The first-order valence-corrected chi connectivity index (χ1v) is 12.8. The van der Waals surface area contributed by atoms with Crippen LogP contribution in [0.3, 0.4) is 0 Å². The Morgan fingerprint density at radius 1 is 1.03 bits per heavy atom. The topological polar surface area (TPSA) is 116 Å². The first kappa shape index (κ1) is 25.9. The van der Waals surface area contributed by atoms with Gasteiger partial charge in [-0.25, -0.2) is 9.80 Å². The summed E-state index contributed by atoms with van der Waals surface area (Å²) in [6, 6.07) is 10.5. The molecule has 2 aromatic rings. The zero-order valence-corrected chi connectivity index (χ0v) is 20.8. The molecule has 2 aliphatic rings. The molecule has 36 heavy (non-hydrogen) atoms. The van der Waals surface area contributed by atoms with Gasteiger partial charge in [0, 0.05) is 52.0 Å². The molecule has 10 nitrogen and oxygen atoms in total. The van der Waals surface area contributed by atoms with Crippen LogP contribution in [0.5, 0.6) is 0 Å². The molecule has 0 saturated carbocycles. The van der Waals surface area contributed by atoms with Gasteiger partial charge in [-0.3, -0.25) is 20.1 Å². The lowest BCUT2D eigenvalue weighted by molar-refractivity contribution is 0.0362. The first-order chi connectivity index (χ1) is 17.6. The highest BCUT2D eigenvalue weighted by Gasteiger charge is 2.20. The van der Waals surface area contributed by atoms with Gasteiger partial charge >= 0.3 is 6.03 Å². The number of nitrogens with two attached hydrogens (primary N) is 1. The van der Waals surface area contributed by atoms with E-state index in [9.17, 15) is 9.59 Å². The molecule has 2 fully saturated rings. The fourth-order valence-electron chi connectivity index (χ4n) is 4.44. The van der Waals surface area contributed by atoms with Gasteiger partial charge in [0.15, 0.2) is 0 Å². The van der Waals surface area contributed by atoms with Crippen LogP contribution in [0, 0.1) is 0 Å². The van der Waals surface area contributed by atoms with Crippen LogP contribution in [0.15, 0.2) is 42.6 Å². The third kappa shape index (κ3) is 7.64. The maximum atomic E-state index is 13.2. The molecule has 10 heteroatoms. The van der Waals surface area contributed by atoms with E-state index < -0.39 is 0 Å². The number of urea groups is 1. The van der Waals surface area contributed by atoms with Crippen molar-refractivity contribution in [2.45, 2.75) is 32.2 Å². The minimum absolute atomic E-state index is 0.0970. The number of nitrogens with one attached hydrogen (secondary N) is 2. The monoisotopic (exact) mass is 495 g/mol. The van der Waals surface area contributed by atoms with Crippen LogP contribution in [-0.2, 0) is 11.3 Å². The van der Waals surface area contributed by atoms with E-state index in [1.54, 1.807) is 24.4 Å². The Balaban J connectivity index is 1.36. The number of piperidine rings is 1. The lowest BCUT2D eigenvalue weighted by atomic mass is 10.2. The van der Waals surface area contributed by atoms with Gasteiger partial charge in [-0.05, 0) is 43.0 Å². The van der Waals surface area contributed by atoms with Crippen LogP contribution >= 0.6 is 0 Å². The molecule has 194 valence electrons. The summed E-state index contributed by atoms with van der Waals surface area (Å²) in [5, 5.41) is 4.81.